The van der Waals surface area contributed by atoms with E-state index < -0.39 is 6.10 Å². The van der Waals surface area contributed by atoms with Gasteiger partial charge in [0, 0.05) is 18.5 Å². The van der Waals surface area contributed by atoms with E-state index in [-0.39, 0.29) is 11.3 Å². The number of halogens is 1. The molecule has 1 spiro atoms. The summed E-state index contributed by atoms with van der Waals surface area (Å²) < 4.78 is 7.10. The molecule has 1 atom stereocenters. The summed E-state index contributed by atoms with van der Waals surface area (Å²) >= 11 is 2.25. The van der Waals surface area contributed by atoms with Crippen LogP contribution in [0.5, 0.6) is 5.75 Å². The van der Waals surface area contributed by atoms with Crippen LogP contribution in [0.4, 0.5) is 0 Å². The van der Waals surface area contributed by atoms with Gasteiger partial charge in [-0.15, -0.1) is 0 Å². The monoisotopic (exact) mass is 473 g/mol. The highest BCUT2D eigenvalue weighted by Gasteiger charge is 2.40. The van der Waals surface area contributed by atoms with Crippen LogP contribution in [-0.4, -0.2) is 30.0 Å². The summed E-state index contributed by atoms with van der Waals surface area (Å²) in [5.74, 6) is 0.904. The van der Waals surface area contributed by atoms with Gasteiger partial charge in [-0.2, -0.15) is 0 Å². The molecular weight excluding hydrogens is 449 g/mol. The average Bonchev–Trinajstić information content (AvgIpc) is 3.06. The first-order valence-electron chi connectivity index (χ1n) is 9.62. The molecule has 1 amide bonds. The molecule has 2 aromatic carbocycles. The maximum atomic E-state index is 13.1. The zero-order valence-electron chi connectivity index (χ0n) is 15.5. The van der Waals surface area contributed by atoms with Gasteiger partial charge in [-0.1, -0.05) is 55.5 Å². The molecule has 3 nitrogen and oxygen atoms in total. The second-order valence-electron chi connectivity index (χ2n) is 7.35. The van der Waals surface area contributed by atoms with E-state index >= 15 is 0 Å². The first-order chi connectivity index (χ1) is 13.1. The van der Waals surface area contributed by atoms with Crippen molar-refractivity contribution in [2.75, 3.05) is 13.1 Å². The first kappa shape index (κ1) is 18.5. The molecule has 4 heteroatoms. The van der Waals surface area contributed by atoms with Crippen molar-refractivity contribution in [3.8, 4) is 5.75 Å². The van der Waals surface area contributed by atoms with Gasteiger partial charge in [0.2, 0.25) is 0 Å². The van der Waals surface area contributed by atoms with Crippen molar-refractivity contribution in [2.24, 2.45) is 0 Å². The minimum absolute atomic E-state index is 0.102. The molecule has 0 bridgehead atoms. The largest absolute Gasteiger partial charge is 0.480 e. The van der Waals surface area contributed by atoms with Crippen molar-refractivity contribution >= 4 is 34.6 Å². The number of amides is 1. The second-order valence-corrected chi connectivity index (χ2v) is 8.51. The Balaban J connectivity index is 1.44. The maximum absolute atomic E-state index is 13.1. The number of rotatable bonds is 4. The smallest absolute Gasteiger partial charge is 0.263 e. The van der Waals surface area contributed by atoms with E-state index in [1.54, 1.807) is 0 Å². The predicted molar refractivity (Wildman–Crippen MR) is 117 cm³/mol. The van der Waals surface area contributed by atoms with Crippen LogP contribution in [0.2, 0.25) is 0 Å². The van der Waals surface area contributed by atoms with Crippen molar-refractivity contribution in [2.45, 2.75) is 37.7 Å². The fraction of sp³-hybridized carbons (Fsp3) is 0.348. The van der Waals surface area contributed by atoms with Gasteiger partial charge in [0.25, 0.3) is 5.91 Å². The Kier molecular flexibility index (Phi) is 5.26. The molecule has 1 aliphatic carbocycles. The molecule has 1 fully saturated rings. The summed E-state index contributed by atoms with van der Waals surface area (Å²) in [4.78, 5) is 15.1. The molecule has 1 saturated heterocycles. The molecular formula is C23H24INO2. The summed E-state index contributed by atoms with van der Waals surface area (Å²) in [6.45, 7) is 3.58. The standard InChI is InChI=1S/C23H24INO2/c1-2-20(27-21-10-6-5-9-19(21)24)22(26)25-15-13-23(14-16-25)12-11-17-7-3-4-8-18(17)23/h3-12,20H,2,13-16H2,1H3. The van der Waals surface area contributed by atoms with E-state index in [0.717, 1.165) is 35.3 Å². The fourth-order valence-corrected chi connectivity index (χ4v) is 4.72. The topological polar surface area (TPSA) is 29.5 Å². The number of fused-ring (bicyclic) bond motifs is 2. The van der Waals surface area contributed by atoms with E-state index in [1.807, 2.05) is 36.1 Å². The average molecular weight is 473 g/mol. The van der Waals surface area contributed by atoms with Crippen molar-refractivity contribution in [1.29, 1.82) is 0 Å². The highest BCUT2D eigenvalue weighted by atomic mass is 127. The van der Waals surface area contributed by atoms with Gasteiger partial charge >= 0.3 is 0 Å². The van der Waals surface area contributed by atoms with Crippen LogP contribution in [0.25, 0.3) is 6.08 Å². The number of para-hydroxylation sites is 1. The third kappa shape index (κ3) is 3.51. The zero-order valence-corrected chi connectivity index (χ0v) is 17.7. The number of allylic oxidation sites excluding steroid dienone is 1. The molecule has 2 aromatic rings. The van der Waals surface area contributed by atoms with Gasteiger partial charge in [-0.05, 0) is 65.1 Å². The van der Waals surface area contributed by atoms with Crippen LogP contribution in [0.1, 0.15) is 37.3 Å². The Morgan fingerprint density at radius 2 is 1.85 bits per heavy atom. The Hall–Kier alpha value is -1.82. The third-order valence-electron chi connectivity index (χ3n) is 5.80. The van der Waals surface area contributed by atoms with Crippen LogP contribution in [0.3, 0.4) is 0 Å². The van der Waals surface area contributed by atoms with Crippen LogP contribution in [-0.2, 0) is 10.2 Å². The van der Waals surface area contributed by atoms with Crippen LogP contribution in [0, 0.1) is 3.57 Å². The van der Waals surface area contributed by atoms with Crippen molar-refractivity contribution in [3.63, 3.8) is 0 Å². The summed E-state index contributed by atoms with van der Waals surface area (Å²) in [6.07, 6.45) is 6.80. The fourth-order valence-electron chi connectivity index (χ4n) is 4.20. The minimum atomic E-state index is -0.415. The van der Waals surface area contributed by atoms with E-state index in [4.69, 9.17) is 4.74 Å². The highest BCUT2D eigenvalue weighted by molar-refractivity contribution is 14.1. The Bertz CT molecular complexity index is 868. The first-order valence-corrected chi connectivity index (χ1v) is 10.7. The summed E-state index contributed by atoms with van der Waals surface area (Å²) in [5, 5.41) is 0. The summed E-state index contributed by atoms with van der Waals surface area (Å²) in [5.41, 5.74) is 2.84. The number of hydrogen-bond acceptors (Lipinski definition) is 2. The van der Waals surface area contributed by atoms with E-state index in [0.29, 0.717) is 6.42 Å². The lowest BCUT2D eigenvalue weighted by Crippen LogP contribution is -2.48. The molecule has 1 heterocycles. The van der Waals surface area contributed by atoms with Crippen LogP contribution < -0.4 is 4.74 Å². The minimum Gasteiger partial charge on any atom is -0.480 e. The molecule has 140 valence electrons. The van der Waals surface area contributed by atoms with Crippen molar-refractivity contribution < 1.29 is 9.53 Å². The number of nitrogens with zero attached hydrogens (tertiary/aromatic N) is 1. The van der Waals surface area contributed by atoms with Crippen LogP contribution in [0.15, 0.2) is 54.6 Å². The highest BCUT2D eigenvalue weighted by Crippen LogP contribution is 2.43. The van der Waals surface area contributed by atoms with Gasteiger partial charge < -0.3 is 9.64 Å². The van der Waals surface area contributed by atoms with E-state index in [1.165, 1.54) is 11.1 Å². The molecule has 4 rings (SSSR count). The molecule has 1 unspecified atom stereocenters. The van der Waals surface area contributed by atoms with Crippen molar-refractivity contribution in [1.82, 2.24) is 4.90 Å². The SMILES string of the molecule is CCC(Oc1ccccc1I)C(=O)N1CCC2(C=Cc3ccccc32)CC1. The lowest BCUT2D eigenvalue weighted by atomic mass is 9.74. The van der Waals surface area contributed by atoms with Gasteiger partial charge in [0.15, 0.2) is 6.10 Å². The molecule has 0 N–H and O–H groups in total. The quantitative estimate of drug-likeness (QED) is 0.583. The number of likely N-dealkylation sites (tertiary alicyclic amines) is 1. The molecule has 27 heavy (non-hydrogen) atoms. The number of benzene rings is 2. The normalized spacial score (nSPS) is 18.4. The number of ether oxygens (including phenoxy) is 1. The summed E-state index contributed by atoms with van der Waals surface area (Å²) in [6, 6.07) is 16.5. The Morgan fingerprint density at radius 1 is 1.15 bits per heavy atom. The number of hydrogen-bond donors (Lipinski definition) is 0. The molecule has 0 aromatic heterocycles. The molecule has 2 aliphatic rings. The summed E-state index contributed by atoms with van der Waals surface area (Å²) in [7, 11) is 0. The Labute approximate surface area is 174 Å². The van der Waals surface area contributed by atoms with Gasteiger partial charge in [-0.25, -0.2) is 0 Å². The van der Waals surface area contributed by atoms with E-state index in [2.05, 4.69) is 59.0 Å². The van der Waals surface area contributed by atoms with Gasteiger partial charge in [-0.3, -0.25) is 4.79 Å². The van der Waals surface area contributed by atoms with Gasteiger partial charge in [0.1, 0.15) is 5.75 Å². The molecule has 0 radical (unpaired) electrons. The lowest BCUT2D eigenvalue weighted by Gasteiger charge is -2.40. The number of carbonyl (C=O) groups excluding carboxylic acids is 1. The second kappa shape index (κ2) is 7.66. The predicted octanol–water partition coefficient (Wildman–Crippen LogP) is 5.04. The van der Waals surface area contributed by atoms with Crippen molar-refractivity contribution in [3.05, 3.63) is 69.3 Å². The van der Waals surface area contributed by atoms with Crippen LogP contribution >= 0.6 is 22.6 Å². The molecule has 0 saturated carbocycles. The Morgan fingerprint density at radius 3 is 2.59 bits per heavy atom. The van der Waals surface area contributed by atoms with Gasteiger partial charge in [0.05, 0.1) is 3.57 Å². The zero-order chi connectivity index (χ0) is 18.9. The van der Waals surface area contributed by atoms with E-state index in [9.17, 15) is 4.79 Å². The maximum Gasteiger partial charge on any atom is 0.263 e. The number of piperidine rings is 1. The molecule has 1 aliphatic heterocycles. The number of carbonyl (C=O) groups is 1. The lowest BCUT2D eigenvalue weighted by molar-refractivity contribution is -0.140. The third-order valence-corrected chi connectivity index (χ3v) is 6.69.